The van der Waals surface area contributed by atoms with Gasteiger partial charge >= 0.3 is 0 Å². The molecule has 1 unspecified atom stereocenters. The molecule has 88 valence electrons. The Labute approximate surface area is 104 Å². The highest BCUT2D eigenvalue weighted by Crippen LogP contribution is 2.04. The normalized spacial score (nSPS) is 12.1. The quantitative estimate of drug-likeness (QED) is 0.809. The summed E-state index contributed by atoms with van der Waals surface area (Å²) >= 11 is 3.46. The lowest BCUT2D eigenvalue weighted by Gasteiger charge is -2.09. The van der Waals surface area contributed by atoms with Crippen molar-refractivity contribution in [1.82, 2.24) is 10.3 Å². The number of methoxy groups -OCH3 is 1. The molecule has 1 aromatic rings. The van der Waals surface area contributed by atoms with E-state index in [0.29, 0.717) is 18.7 Å². The number of rotatable bonds is 6. The molecular formula is C11H15BrN2O2. The first-order chi connectivity index (χ1) is 7.74. The number of alkyl halides is 1. The Bertz CT molecular complexity index is 319. The van der Waals surface area contributed by atoms with Crippen LogP contribution in [-0.4, -0.2) is 36.0 Å². The molecule has 1 N–H and O–H groups in total. The van der Waals surface area contributed by atoms with Crippen LogP contribution >= 0.6 is 15.9 Å². The van der Waals surface area contributed by atoms with Crippen LogP contribution < -0.4 is 5.32 Å². The Morgan fingerprint density at radius 2 is 2.50 bits per heavy atom. The molecule has 0 aliphatic heterocycles. The van der Waals surface area contributed by atoms with Gasteiger partial charge in [-0.3, -0.25) is 9.78 Å². The van der Waals surface area contributed by atoms with Gasteiger partial charge in [-0.05, 0) is 18.6 Å². The van der Waals surface area contributed by atoms with Crippen LogP contribution in [0.25, 0.3) is 0 Å². The molecule has 0 aliphatic rings. The van der Waals surface area contributed by atoms with Crippen LogP contribution in [0.4, 0.5) is 0 Å². The maximum absolute atomic E-state index is 11.6. The van der Waals surface area contributed by atoms with E-state index in [1.165, 1.54) is 0 Å². The standard InChI is InChI=1S/C11H15BrN2O2/c1-16-8-10(12)4-6-14-11(15)9-3-2-5-13-7-9/h2-3,5,7,10H,4,6,8H2,1H3,(H,14,15). The van der Waals surface area contributed by atoms with Crippen LogP contribution in [0.1, 0.15) is 16.8 Å². The van der Waals surface area contributed by atoms with E-state index in [2.05, 4.69) is 26.2 Å². The zero-order valence-corrected chi connectivity index (χ0v) is 10.7. The lowest BCUT2D eigenvalue weighted by Crippen LogP contribution is -2.26. The lowest BCUT2D eigenvalue weighted by molar-refractivity contribution is 0.0951. The summed E-state index contributed by atoms with van der Waals surface area (Å²) in [5.41, 5.74) is 0.584. The van der Waals surface area contributed by atoms with Gasteiger partial charge in [0.05, 0.1) is 12.2 Å². The first-order valence-corrected chi connectivity index (χ1v) is 5.97. The molecular weight excluding hydrogens is 272 g/mol. The number of halogens is 1. The van der Waals surface area contributed by atoms with E-state index >= 15 is 0 Å². The number of hydrogen-bond acceptors (Lipinski definition) is 3. The zero-order chi connectivity index (χ0) is 11.8. The smallest absolute Gasteiger partial charge is 0.252 e. The SMILES string of the molecule is COCC(Br)CCNC(=O)c1cccnc1. The van der Waals surface area contributed by atoms with Crippen molar-refractivity contribution >= 4 is 21.8 Å². The van der Waals surface area contributed by atoms with E-state index in [-0.39, 0.29) is 10.7 Å². The van der Waals surface area contributed by atoms with Gasteiger partial charge in [-0.1, -0.05) is 15.9 Å². The summed E-state index contributed by atoms with van der Waals surface area (Å²) in [4.78, 5) is 15.7. The van der Waals surface area contributed by atoms with Gasteiger partial charge in [-0.15, -0.1) is 0 Å². The molecule has 0 aliphatic carbocycles. The van der Waals surface area contributed by atoms with Crippen LogP contribution in [0, 0.1) is 0 Å². The molecule has 1 amide bonds. The number of pyridine rings is 1. The molecule has 1 atom stereocenters. The summed E-state index contributed by atoms with van der Waals surface area (Å²) in [7, 11) is 1.66. The van der Waals surface area contributed by atoms with Crippen LogP contribution in [0.2, 0.25) is 0 Å². The summed E-state index contributed by atoms with van der Waals surface area (Å²) in [5, 5.41) is 2.82. The van der Waals surface area contributed by atoms with Crippen molar-refractivity contribution in [2.45, 2.75) is 11.2 Å². The van der Waals surface area contributed by atoms with Crippen LogP contribution in [0.5, 0.6) is 0 Å². The third-order valence-corrected chi connectivity index (χ3v) is 2.74. The molecule has 0 radical (unpaired) electrons. The Hall–Kier alpha value is -0.940. The van der Waals surface area contributed by atoms with E-state index in [9.17, 15) is 4.79 Å². The molecule has 0 spiro atoms. The third-order valence-electron chi connectivity index (χ3n) is 2.01. The number of nitrogens with one attached hydrogen (secondary N) is 1. The molecule has 0 aromatic carbocycles. The molecule has 0 bridgehead atoms. The summed E-state index contributed by atoms with van der Waals surface area (Å²) < 4.78 is 4.98. The summed E-state index contributed by atoms with van der Waals surface area (Å²) in [6, 6.07) is 3.48. The highest BCUT2D eigenvalue weighted by Gasteiger charge is 2.06. The maximum Gasteiger partial charge on any atom is 0.252 e. The van der Waals surface area contributed by atoms with Crippen molar-refractivity contribution in [3.8, 4) is 0 Å². The first kappa shape index (κ1) is 13.1. The van der Waals surface area contributed by atoms with E-state index < -0.39 is 0 Å². The Kier molecular flexibility index (Phi) is 6.03. The van der Waals surface area contributed by atoms with Gasteiger partial charge in [-0.25, -0.2) is 0 Å². The van der Waals surface area contributed by atoms with E-state index in [1.807, 2.05) is 0 Å². The number of carbonyl (C=O) groups is 1. The third kappa shape index (κ3) is 4.72. The van der Waals surface area contributed by atoms with Gasteiger partial charge in [0.25, 0.3) is 5.91 Å². The average Bonchev–Trinajstić information content (AvgIpc) is 2.30. The lowest BCUT2D eigenvalue weighted by atomic mass is 10.2. The van der Waals surface area contributed by atoms with E-state index in [1.54, 1.807) is 31.6 Å². The van der Waals surface area contributed by atoms with Gasteiger partial charge in [0.1, 0.15) is 0 Å². The molecule has 1 aromatic heterocycles. The van der Waals surface area contributed by atoms with Crippen molar-refractivity contribution in [1.29, 1.82) is 0 Å². The molecule has 5 heteroatoms. The summed E-state index contributed by atoms with van der Waals surface area (Å²) in [6.07, 6.45) is 4.03. The van der Waals surface area contributed by atoms with Crippen molar-refractivity contribution in [2.75, 3.05) is 20.3 Å². The first-order valence-electron chi connectivity index (χ1n) is 5.05. The number of hydrogen-bond donors (Lipinski definition) is 1. The molecule has 4 nitrogen and oxygen atoms in total. The highest BCUT2D eigenvalue weighted by molar-refractivity contribution is 9.09. The fourth-order valence-electron chi connectivity index (χ4n) is 1.21. The van der Waals surface area contributed by atoms with Crippen molar-refractivity contribution in [3.05, 3.63) is 30.1 Å². The van der Waals surface area contributed by atoms with Gasteiger partial charge in [-0.2, -0.15) is 0 Å². The minimum Gasteiger partial charge on any atom is -0.384 e. The van der Waals surface area contributed by atoms with Gasteiger partial charge in [0, 0.05) is 30.9 Å². The maximum atomic E-state index is 11.6. The average molecular weight is 287 g/mol. The van der Waals surface area contributed by atoms with E-state index in [4.69, 9.17) is 4.74 Å². The molecule has 0 saturated heterocycles. The summed E-state index contributed by atoms with van der Waals surface area (Å²) in [6.45, 7) is 1.26. The molecule has 0 fully saturated rings. The number of ether oxygens (including phenoxy) is 1. The highest BCUT2D eigenvalue weighted by atomic mass is 79.9. The summed E-state index contributed by atoms with van der Waals surface area (Å²) in [5.74, 6) is -0.0924. The largest absolute Gasteiger partial charge is 0.384 e. The van der Waals surface area contributed by atoms with Gasteiger partial charge < -0.3 is 10.1 Å². The Balaban J connectivity index is 2.26. The molecule has 1 heterocycles. The van der Waals surface area contributed by atoms with Crippen molar-refractivity contribution in [3.63, 3.8) is 0 Å². The van der Waals surface area contributed by atoms with Crippen molar-refractivity contribution in [2.24, 2.45) is 0 Å². The predicted octanol–water partition coefficient (Wildman–Crippen LogP) is 1.61. The van der Waals surface area contributed by atoms with Crippen LogP contribution in [0.3, 0.4) is 0 Å². The molecule has 0 saturated carbocycles. The second kappa shape index (κ2) is 7.35. The fourth-order valence-corrected chi connectivity index (χ4v) is 1.70. The van der Waals surface area contributed by atoms with Gasteiger partial charge in [0.15, 0.2) is 0 Å². The van der Waals surface area contributed by atoms with Gasteiger partial charge in [0.2, 0.25) is 0 Å². The Morgan fingerprint density at radius 3 is 3.12 bits per heavy atom. The number of aromatic nitrogens is 1. The Morgan fingerprint density at radius 1 is 1.69 bits per heavy atom. The zero-order valence-electron chi connectivity index (χ0n) is 9.15. The van der Waals surface area contributed by atoms with Crippen LogP contribution in [-0.2, 0) is 4.74 Å². The monoisotopic (exact) mass is 286 g/mol. The molecule has 1 rings (SSSR count). The minimum atomic E-state index is -0.0924. The number of amides is 1. The second-order valence-electron chi connectivity index (χ2n) is 3.34. The second-order valence-corrected chi connectivity index (χ2v) is 4.63. The van der Waals surface area contributed by atoms with E-state index in [0.717, 1.165) is 6.42 Å². The topological polar surface area (TPSA) is 51.2 Å². The van der Waals surface area contributed by atoms with Crippen LogP contribution in [0.15, 0.2) is 24.5 Å². The van der Waals surface area contributed by atoms with Crippen molar-refractivity contribution < 1.29 is 9.53 Å². The predicted molar refractivity (Wildman–Crippen MR) is 65.8 cm³/mol. The number of nitrogens with zero attached hydrogens (tertiary/aromatic N) is 1. The molecule has 16 heavy (non-hydrogen) atoms. The minimum absolute atomic E-state index is 0.0924. The fraction of sp³-hybridized carbons (Fsp3) is 0.455. The number of carbonyl (C=O) groups excluding carboxylic acids is 1.